The molecule has 0 bridgehead atoms. The maximum absolute atomic E-state index is 9.04. The summed E-state index contributed by atoms with van der Waals surface area (Å²) in [5.74, 6) is 0. The van der Waals surface area contributed by atoms with E-state index in [0.717, 1.165) is 5.25 Å². The molecule has 0 aliphatic rings. The fourth-order valence-corrected chi connectivity index (χ4v) is 0.940. The van der Waals surface area contributed by atoms with E-state index < -0.39 is 0 Å². The molecular weight excluding hydrogens is 193 g/mol. The zero-order chi connectivity index (χ0) is 7.98. The van der Waals surface area contributed by atoms with Gasteiger partial charge < -0.3 is 0 Å². The Morgan fingerprint density at radius 3 is 2.60 bits per heavy atom. The predicted molar refractivity (Wildman–Crippen MR) is 43.3 cm³/mol. The van der Waals surface area contributed by atoms with Crippen molar-refractivity contribution < 1.29 is 14.9 Å². The SMILES string of the molecule is CC(CO)OCC(O)[CH2][GeH3]. The summed E-state index contributed by atoms with van der Waals surface area (Å²) in [6, 6.07) is 0. The molecule has 0 aliphatic carbocycles. The molecule has 0 amide bonds. The Kier molecular flexibility index (Phi) is 6.41. The monoisotopic (exact) mass is 210 g/mol. The normalized spacial score (nSPS) is 17.1. The first kappa shape index (κ1) is 10.4. The average Bonchev–Trinajstić information content (AvgIpc) is 1.99. The van der Waals surface area contributed by atoms with Crippen molar-refractivity contribution in [3.05, 3.63) is 0 Å². The fourth-order valence-electron chi connectivity index (χ4n) is 0.446. The molecule has 3 nitrogen and oxygen atoms in total. The van der Waals surface area contributed by atoms with Gasteiger partial charge in [0.25, 0.3) is 0 Å². The van der Waals surface area contributed by atoms with E-state index in [1.807, 2.05) is 0 Å². The van der Waals surface area contributed by atoms with E-state index in [2.05, 4.69) is 0 Å². The van der Waals surface area contributed by atoms with E-state index >= 15 is 0 Å². The number of hydrogen-bond donors (Lipinski definition) is 2. The maximum atomic E-state index is 9.04. The average molecular weight is 209 g/mol. The van der Waals surface area contributed by atoms with Crippen LogP contribution in [0.1, 0.15) is 6.92 Å². The first-order valence-electron chi connectivity index (χ1n) is 3.61. The van der Waals surface area contributed by atoms with Crippen LogP contribution in [0, 0.1) is 0 Å². The van der Waals surface area contributed by atoms with E-state index in [-0.39, 0.29) is 18.8 Å². The Bertz CT molecular complexity index is 69.4. The molecule has 62 valence electrons. The molecule has 2 atom stereocenters. The molecule has 10 heavy (non-hydrogen) atoms. The van der Waals surface area contributed by atoms with Gasteiger partial charge in [-0.3, -0.25) is 0 Å². The molecule has 0 saturated heterocycles. The molecule has 0 radical (unpaired) electrons. The van der Waals surface area contributed by atoms with Gasteiger partial charge >= 0.3 is 69.1 Å². The molecule has 2 unspecified atom stereocenters. The van der Waals surface area contributed by atoms with Gasteiger partial charge in [0, 0.05) is 0 Å². The second-order valence-electron chi connectivity index (χ2n) is 2.39. The summed E-state index contributed by atoms with van der Waals surface area (Å²) in [7, 11) is 0. The molecule has 0 saturated carbocycles. The molecule has 0 spiro atoms. The van der Waals surface area contributed by atoms with Gasteiger partial charge in [-0.15, -0.1) is 0 Å². The Morgan fingerprint density at radius 2 is 2.20 bits per heavy atom. The zero-order valence-corrected chi connectivity index (χ0v) is 10.8. The van der Waals surface area contributed by atoms with Gasteiger partial charge in [-0.05, 0) is 0 Å². The number of hydrogen-bond acceptors (Lipinski definition) is 3. The van der Waals surface area contributed by atoms with Crippen LogP contribution in [0.4, 0.5) is 0 Å². The molecule has 0 aromatic heterocycles. The molecule has 0 fully saturated rings. The number of aliphatic hydroxyl groups excluding tert-OH is 2. The summed E-state index contributed by atoms with van der Waals surface area (Å²) < 4.78 is 5.07. The van der Waals surface area contributed by atoms with Gasteiger partial charge in [0.05, 0.1) is 0 Å². The van der Waals surface area contributed by atoms with Crippen LogP contribution in [0.2, 0.25) is 5.25 Å². The van der Waals surface area contributed by atoms with Crippen molar-refractivity contribution in [3.8, 4) is 0 Å². The Hall–Kier alpha value is 0.423. The third-order valence-corrected chi connectivity index (χ3v) is 3.28. The van der Waals surface area contributed by atoms with E-state index in [0.29, 0.717) is 23.1 Å². The molecule has 0 aliphatic heterocycles. The van der Waals surface area contributed by atoms with Crippen LogP contribution in [0.15, 0.2) is 0 Å². The van der Waals surface area contributed by atoms with Crippen LogP contribution in [0.3, 0.4) is 0 Å². The molecule has 4 heteroatoms. The Labute approximate surface area is 69.6 Å². The summed E-state index contributed by atoms with van der Waals surface area (Å²) >= 11 is 0.679. The van der Waals surface area contributed by atoms with Crippen molar-refractivity contribution in [2.24, 2.45) is 0 Å². The molecule has 0 rings (SSSR count). The first-order chi connectivity index (χ1) is 4.70. The van der Waals surface area contributed by atoms with Crippen LogP contribution >= 0.6 is 0 Å². The van der Waals surface area contributed by atoms with Crippen LogP contribution < -0.4 is 0 Å². The van der Waals surface area contributed by atoms with Gasteiger partial charge in [-0.2, -0.15) is 0 Å². The number of rotatable bonds is 5. The summed E-state index contributed by atoms with van der Waals surface area (Å²) in [6.45, 7) is 2.17. The second-order valence-corrected chi connectivity index (χ2v) is 4.10. The molecular formula is C6H16GeO3. The topological polar surface area (TPSA) is 49.7 Å². The summed E-state index contributed by atoms with van der Waals surface area (Å²) in [5, 5.41) is 18.4. The standard InChI is InChI=1S/C6H16GeO3/c1-5(3-8)10-4-6(9)2-7/h5-6,8-9H,2-4H2,1,7H3. The van der Waals surface area contributed by atoms with Gasteiger partial charge in [-0.25, -0.2) is 0 Å². The van der Waals surface area contributed by atoms with E-state index in [1.165, 1.54) is 0 Å². The van der Waals surface area contributed by atoms with Gasteiger partial charge in [0.15, 0.2) is 0 Å². The van der Waals surface area contributed by atoms with Gasteiger partial charge in [-0.1, -0.05) is 0 Å². The summed E-state index contributed by atoms with van der Waals surface area (Å²) in [6.07, 6.45) is -0.456. The van der Waals surface area contributed by atoms with E-state index in [4.69, 9.17) is 14.9 Å². The zero-order valence-electron chi connectivity index (χ0n) is 6.58. The molecule has 0 heterocycles. The van der Waals surface area contributed by atoms with Crippen molar-refractivity contribution >= 4 is 16.5 Å². The second kappa shape index (κ2) is 6.15. The summed E-state index contributed by atoms with van der Waals surface area (Å²) in [4.78, 5) is 0. The minimum absolute atomic E-state index is 0.0257. The quantitative estimate of drug-likeness (QED) is 0.543. The molecule has 2 N–H and O–H groups in total. The van der Waals surface area contributed by atoms with Crippen molar-refractivity contribution in [3.63, 3.8) is 0 Å². The minimum atomic E-state index is -0.311. The summed E-state index contributed by atoms with van der Waals surface area (Å²) in [5.41, 5.74) is 0. The van der Waals surface area contributed by atoms with Crippen LogP contribution in [0.5, 0.6) is 0 Å². The Balaban J connectivity index is 3.17. The predicted octanol–water partition coefficient (Wildman–Crippen LogP) is -1.47. The van der Waals surface area contributed by atoms with Crippen molar-refractivity contribution in [1.29, 1.82) is 0 Å². The number of aliphatic hydroxyl groups is 2. The van der Waals surface area contributed by atoms with Gasteiger partial charge in [0.2, 0.25) is 0 Å². The Morgan fingerprint density at radius 1 is 1.60 bits per heavy atom. The van der Waals surface area contributed by atoms with E-state index in [9.17, 15) is 0 Å². The number of ether oxygens (including phenoxy) is 1. The molecule has 0 aromatic carbocycles. The fraction of sp³-hybridized carbons (Fsp3) is 1.00. The van der Waals surface area contributed by atoms with Crippen molar-refractivity contribution in [2.45, 2.75) is 24.4 Å². The van der Waals surface area contributed by atoms with Crippen molar-refractivity contribution in [2.75, 3.05) is 13.2 Å². The first-order valence-corrected chi connectivity index (χ1v) is 6.58. The van der Waals surface area contributed by atoms with E-state index in [1.54, 1.807) is 6.92 Å². The molecule has 0 aromatic rings. The van der Waals surface area contributed by atoms with Crippen LogP contribution in [-0.4, -0.2) is 52.1 Å². The van der Waals surface area contributed by atoms with Crippen molar-refractivity contribution in [1.82, 2.24) is 0 Å². The van der Waals surface area contributed by atoms with Crippen LogP contribution in [0.25, 0.3) is 0 Å². The third-order valence-electron chi connectivity index (χ3n) is 1.30. The van der Waals surface area contributed by atoms with Crippen LogP contribution in [-0.2, 0) is 4.74 Å². The third kappa shape index (κ3) is 5.23. The van der Waals surface area contributed by atoms with Gasteiger partial charge in [0.1, 0.15) is 0 Å².